The van der Waals surface area contributed by atoms with Crippen LogP contribution >= 0.6 is 0 Å². The SMILES string of the molecule is CO[Si+](Cc1ccc(CS(=O)(=O)C(F)(F)F)cc1)OC. The zero-order chi connectivity index (χ0) is 15.4. The van der Waals surface area contributed by atoms with E-state index < -0.39 is 30.4 Å². The summed E-state index contributed by atoms with van der Waals surface area (Å²) >= 11 is 0. The molecule has 1 aromatic rings. The molecular formula is C11H14F3O4SSi+. The zero-order valence-electron chi connectivity index (χ0n) is 10.9. The highest BCUT2D eigenvalue weighted by atomic mass is 32.2. The van der Waals surface area contributed by atoms with Crippen LogP contribution in [0.1, 0.15) is 11.1 Å². The Morgan fingerprint density at radius 3 is 1.90 bits per heavy atom. The van der Waals surface area contributed by atoms with Crippen LogP contribution in [-0.4, -0.2) is 37.4 Å². The summed E-state index contributed by atoms with van der Waals surface area (Å²) in [6.07, 6.45) is 0. The molecule has 0 aliphatic carbocycles. The van der Waals surface area contributed by atoms with Crippen LogP contribution in [0, 0.1) is 0 Å². The number of alkyl halides is 3. The Hall–Kier alpha value is -0.903. The summed E-state index contributed by atoms with van der Waals surface area (Å²) in [6.45, 7) is 0. The molecule has 0 N–H and O–H groups in total. The van der Waals surface area contributed by atoms with Gasteiger partial charge in [0.1, 0.15) is 6.04 Å². The second-order valence-electron chi connectivity index (χ2n) is 3.98. The van der Waals surface area contributed by atoms with Gasteiger partial charge in [-0.15, -0.1) is 0 Å². The van der Waals surface area contributed by atoms with E-state index in [-0.39, 0.29) is 5.56 Å². The fourth-order valence-electron chi connectivity index (χ4n) is 1.45. The number of sulfone groups is 1. The molecule has 0 bridgehead atoms. The molecule has 0 aliphatic rings. The van der Waals surface area contributed by atoms with E-state index in [0.29, 0.717) is 6.04 Å². The van der Waals surface area contributed by atoms with Crippen LogP contribution in [0.15, 0.2) is 24.3 Å². The van der Waals surface area contributed by atoms with Crippen molar-refractivity contribution in [1.29, 1.82) is 0 Å². The average molecular weight is 327 g/mol. The molecule has 0 radical (unpaired) electrons. The van der Waals surface area contributed by atoms with E-state index in [9.17, 15) is 21.6 Å². The molecule has 0 fully saturated rings. The van der Waals surface area contributed by atoms with Gasteiger partial charge in [-0.2, -0.15) is 13.2 Å². The Labute approximate surface area is 117 Å². The van der Waals surface area contributed by atoms with Crippen molar-refractivity contribution < 1.29 is 30.4 Å². The highest BCUT2D eigenvalue weighted by molar-refractivity contribution is 7.91. The topological polar surface area (TPSA) is 52.6 Å². The van der Waals surface area contributed by atoms with Crippen molar-refractivity contribution in [2.24, 2.45) is 0 Å². The fourth-order valence-corrected chi connectivity index (χ4v) is 3.27. The lowest BCUT2D eigenvalue weighted by atomic mass is 10.2. The monoisotopic (exact) mass is 327 g/mol. The second kappa shape index (κ2) is 6.70. The van der Waals surface area contributed by atoms with Gasteiger partial charge in [0.2, 0.25) is 0 Å². The van der Waals surface area contributed by atoms with Crippen molar-refractivity contribution >= 4 is 19.1 Å². The summed E-state index contributed by atoms with van der Waals surface area (Å²) in [6, 6.07) is 6.39. The standard InChI is InChI=1S/C11H14F3O4SSi/c1-17-20(18-2)8-10-5-3-9(4-6-10)7-19(15,16)11(12,13)14/h3-6H,7-8H2,1-2H3/q+1. The quantitative estimate of drug-likeness (QED) is 0.750. The summed E-state index contributed by atoms with van der Waals surface area (Å²) in [7, 11) is -3.55. The van der Waals surface area contributed by atoms with Crippen molar-refractivity contribution in [3.05, 3.63) is 35.4 Å². The molecular weight excluding hydrogens is 313 g/mol. The molecule has 20 heavy (non-hydrogen) atoms. The highest BCUT2D eigenvalue weighted by Gasteiger charge is 2.45. The Kier molecular flexibility index (Phi) is 5.75. The van der Waals surface area contributed by atoms with Gasteiger partial charge in [0, 0.05) is 0 Å². The maximum Gasteiger partial charge on any atom is 0.648 e. The molecule has 0 spiro atoms. The Morgan fingerprint density at radius 1 is 1.05 bits per heavy atom. The first-order valence-electron chi connectivity index (χ1n) is 5.50. The molecule has 1 aromatic carbocycles. The van der Waals surface area contributed by atoms with Crippen LogP contribution in [0.2, 0.25) is 0 Å². The predicted octanol–water partition coefficient (Wildman–Crippen LogP) is 1.98. The summed E-state index contributed by atoms with van der Waals surface area (Å²) in [5.74, 6) is -1.05. The van der Waals surface area contributed by atoms with E-state index in [4.69, 9.17) is 8.85 Å². The van der Waals surface area contributed by atoms with Crippen LogP contribution in [0.5, 0.6) is 0 Å². The van der Waals surface area contributed by atoms with Gasteiger partial charge in [0.05, 0.1) is 20.0 Å². The minimum atomic E-state index is -5.23. The molecule has 0 unspecified atom stereocenters. The third kappa shape index (κ3) is 4.58. The van der Waals surface area contributed by atoms with Gasteiger partial charge in [-0.3, -0.25) is 0 Å². The molecule has 0 aromatic heterocycles. The van der Waals surface area contributed by atoms with Crippen molar-refractivity contribution in [2.45, 2.75) is 17.3 Å². The average Bonchev–Trinajstić information content (AvgIpc) is 2.36. The zero-order valence-corrected chi connectivity index (χ0v) is 12.7. The lowest BCUT2D eigenvalue weighted by Gasteiger charge is -2.08. The highest BCUT2D eigenvalue weighted by Crippen LogP contribution is 2.26. The van der Waals surface area contributed by atoms with E-state index in [1.54, 1.807) is 12.1 Å². The molecule has 4 nitrogen and oxygen atoms in total. The first-order chi connectivity index (χ1) is 9.19. The lowest BCUT2D eigenvalue weighted by molar-refractivity contribution is -0.0437. The van der Waals surface area contributed by atoms with Gasteiger partial charge in [0.15, 0.2) is 0 Å². The lowest BCUT2D eigenvalue weighted by Crippen LogP contribution is -2.25. The van der Waals surface area contributed by atoms with E-state index in [1.807, 2.05) is 0 Å². The minimum absolute atomic E-state index is 0.0923. The van der Waals surface area contributed by atoms with Crippen LogP contribution in [0.25, 0.3) is 0 Å². The smallest absolute Gasteiger partial charge is 0.219 e. The number of hydrogen-bond donors (Lipinski definition) is 0. The largest absolute Gasteiger partial charge is 0.648 e. The van der Waals surface area contributed by atoms with Crippen LogP contribution in [-0.2, 0) is 30.5 Å². The summed E-state index contributed by atoms with van der Waals surface area (Å²) < 4.78 is 69.0. The van der Waals surface area contributed by atoms with Gasteiger partial charge in [-0.05, 0) is 11.1 Å². The summed E-state index contributed by atoms with van der Waals surface area (Å²) in [5, 5.41) is 0. The molecule has 0 heterocycles. The normalized spacial score (nSPS) is 12.4. The Morgan fingerprint density at radius 2 is 1.50 bits per heavy atom. The maximum absolute atomic E-state index is 12.2. The van der Waals surface area contributed by atoms with Crippen molar-refractivity contribution in [1.82, 2.24) is 0 Å². The molecule has 0 saturated carbocycles. The van der Waals surface area contributed by atoms with Crippen molar-refractivity contribution in [3.8, 4) is 0 Å². The molecule has 1 rings (SSSR count). The number of hydrogen-bond acceptors (Lipinski definition) is 4. The summed E-state index contributed by atoms with van der Waals surface area (Å²) in [5.41, 5.74) is -4.32. The molecule has 0 atom stereocenters. The molecule has 0 saturated heterocycles. The molecule has 0 aliphatic heterocycles. The van der Waals surface area contributed by atoms with E-state index in [1.165, 1.54) is 26.4 Å². The molecule has 0 amide bonds. The predicted molar refractivity (Wildman–Crippen MR) is 68.6 cm³/mol. The first kappa shape index (κ1) is 17.1. The van der Waals surface area contributed by atoms with Crippen molar-refractivity contribution in [3.63, 3.8) is 0 Å². The fraction of sp³-hybridized carbons (Fsp3) is 0.455. The second-order valence-corrected chi connectivity index (χ2v) is 7.87. The Bertz CT molecular complexity index is 524. The number of halogens is 3. The third-order valence-electron chi connectivity index (χ3n) is 2.54. The van der Waals surface area contributed by atoms with Gasteiger partial charge < -0.3 is 0 Å². The van der Waals surface area contributed by atoms with E-state index >= 15 is 0 Å². The van der Waals surface area contributed by atoms with Gasteiger partial charge in [0.25, 0.3) is 9.84 Å². The molecule has 112 valence electrons. The van der Waals surface area contributed by atoms with E-state index in [2.05, 4.69) is 0 Å². The first-order valence-corrected chi connectivity index (χ1v) is 8.68. The molecule has 9 heteroatoms. The number of rotatable bonds is 6. The van der Waals surface area contributed by atoms with Crippen LogP contribution in [0.4, 0.5) is 13.2 Å². The third-order valence-corrected chi connectivity index (χ3v) is 5.56. The maximum atomic E-state index is 12.2. The number of benzene rings is 1. The van der Waals surface area contributed by atoms with Crippen molar-refractivity contribution in [2.75, 3.05) is 14.2 Å². The minimum Gasteiger partial charge on any atom is -0.219 e. The Balaban J connectivity index is 2.78. The van der Waals surface area contributed by atoms with Gasteiger partial charge >= 0.3 is 14.8 Å². The van der Waals surface area contributed by atoms with Crippen LogP contribution in [0.3, 0.4) is 0 Å². The van der Waals surface area contributed by atoms with Crippen LogP contribution < -0.4 is 0 Å². The van der Waals surface area contributed by atoms with Gasteiger partial charge in [-0.25, -0.2) is 17.3 Å². The van der Waals surface area contributed by atoms with Gasteiger partial charge in [-0.1, -0.05) is 24.3 Å². The van der Waals surface area contributed by atoms with E-state index in [0.717, 1.165) is 5.56 Å². The summed E-state index contributed by atoms with van der Waals surface area (Å²) in [4.78, 5) is 0.